The van der Waals surface area contributed by atoms with E-state index in [0.29, 0.717) is 5.02 Å². The molecule has 7 nitrogen and oxygen atoms in total. The van der Waals surface area contributed by atoms with Crippen molar-refractivity contribution in [3.8, 4) is 5.75 Å². The highest BCUT2D eigenvalue weighted by atomic mass is 35.5. The third-order valence-corrected chi connectivity index (χ3v) is 3.06. The number of nitro benzene ring substituents is 1. The molecule has 110 valence electrons. The van der Waals surface area contributed by atoms with E-state index < -0.39 is 16.4 Å². The maximum absolute atomic E-state index is 11.6. The second kappa shape index (κ2) is 6.53. The van der Waals surface area contributed by atoms with Crippen LogP contribution in [0.1, 0.15) is 6.92 Å². The molecule has 0 saturated heterocycles. The number of carbonyl (C=O) groups excluding carboxylic acids is 1. The molecule has 1 N–H and O–H groups in total. The molecule has 0 aliphatic carbocycles. The summed E-state index contributed by atoms with van der Waals surface area (Å²) >= 11 is 5.79. The smallest absolute Gasteiger partial charge is 0.329 e. The average molecular weight is 303 g/mol. The Morgan fingerprint density at radius 1 is 1.55 bits per heavy atom. The first-order chi connectivity index (χ1) is 9.34. The summed E-state index contributed by atoms with van der Waals surface area (Å²) in [5, 5.41) is 14.0. The Balaban J connectivity index is 2.96. The van der Waals surface area contributed by atoms with Crippen LogP contribution in [0.25, 0.3) is 0 Å². The van der Waals surface area contributed by atoms with Gasteiger partial charge in [0.05, 0.1) is 12.0 Å². The number of ether oxygens (including phenoxy) is 2. The van der Waals surface area contributed by atoms with Crippen molar-refractivity contribution in [3.63, 3.8) is 0 Å². The molecule has 0 bridgehead atoms. The van der Waals surface area contributed by atoms with Gasteiger partial charge >= 0.3 is 11.7 Å². The van der Waals surface area contributed by atoms with Crippen molar-refractivity contribution in [1.82, 2.24) is 5.32 Å². The maximum atomic E-state index is 11.6. The number of nitro groups is 1. The number of hydrogen-bond donors (Lipinski definition) is 1. The van der Waals surface area contributed by atoms with Gasteiger partial charge in [-0.15, -0.1) is 0 Å². The molecule has 8 heteroatoms. The summed E-state index contributed by atoms with van der Waals surface area (Å²) in [7, 11) is 2.81. The molecule has 0 fully saturated rings. The minimum Gasteiger partial charge on any atom is -0.484 e. The van der Waals surface area contributed by atoms with E-state index in [1.807, 2.05) is 0 Å². The highest BCUT2D eigenvalue weighted by Gasteiger charge is 2.34. The molecule has 1 aromatic rings. The first kappa shape index (κ1) is 16.2. The van der Waals surface area contributed by atoms with Crippen molar-refractivity contribution < 1.29 is 19.2 Å². The van der Waals surface area contributed by atoms with E-state index in [9.17, 15) is 14.9 Å². The Labute approximate surface area is 121 Å². The molecule has 1 unspecified atom stereocenters. The molecule has 1 atom stereocenters. The molecule has 0 radical (unpaired) electrons. The summed E-state index contributed by atoms with van der Waals surface area (Å²) in [6.45, 7) is 1.42. The molecule has 1 aromatic carbocycles. The van der Waals surface area contributed by atoms with Crippen molar-refractivity contribution >= 4 is 23.3 Å². The van der Waals surface area contributed by atoms with Gasteiger partial charge < -0.3 is 14.8 Å². The molecule has 0 aliphatic heterocycles. The Morgan fingerprint density at radius 3 is 2.70 bits per heavy atom. The summed E-state index contributed by atoms with van der Waals surface area (Å²) < 4.78 is 10.0. The zero-order chi connectivity index (χ0) is 15.3. The number of methoxy groups -OCH3 is 1. The molecule has 20 heavy (non-hydrogen) atoms. The van der Waals surface area contributed by atoms with Gasteiger partial charge in [-0.1, -0.05) is 11.6 Å². The van der Waals surface area contributed by atoms with Crippen molar-refractivity contribution in [1.29, 1.82) is 0 Å². The minimum absolute atomic E-state index is 0.00659. The number of rotatable bonds is 6. The number of benzene rings is 1. The maximum Gasteiger partial charge on any atom is 0.329 e. The van der Waals surface area contributed by atoms with Crippen LogP contribution < -0.4 is 10.1 Å². The first-order valence-corrected chi connectivity index (χ1v) is 6.06. The van der Waals surface area contributed by atoms with Gasteiger partial charge in [0.2, 0.25) is 0 Å². The number of likely N-dealkylation sites (N-methyl/N-ethyl adjacent to an activating group) is 1. The van der Waals surface area contributed by atoms with E-state index in [4.69, 9.17) is 16.3 Å². The van der Waals surface area contributed by atoms with E-state index in [1.54, 1.807) is 14.0 Å². The van der Waals surface area contributed by atoms with E-state index in [-0.39, 0.29) is 18.0 Å². The molecule has 0 heterocycles. The molecule has 1 rings (SSSR count). The summed E-state index contributed by atoms with van der Waals surface area (Å²) in [5.74, 6) is -0.544. The van der Waals surface area contributed by atoms with Gasteiger partial charge in [-0.3, -0.25) is 10.1 Å². The second-order valence-corrected chi connectivity index (χ2v) is 4.67. The predicted octanol–water partition coefficient (Wildman–Crippen LogP) is 1.78. The molecule has 0 aromatic heterocycles. The molecular weight excluding hydrogens is 288 g/mol. The number of carbonyl (C=O) groups is 1. The summed E-state index contributed by atoms with van der Waals surface area (Å²) in [6, 6.07) is 3.96. The summed E-state index contributed by atoms with van der Waals surface area (Å²) in [6.07, 6.45) is 0. The van der Waals surface area contributed by atoms with Crippen LogP contribution in [0.4, 0.5) is 5.69 Å². The zero-order valence-electron chi connectivity index (χ0n) is 11.3. The fourth-order valence-corrected chi connectivity index (χ4v) is 1.60. The van der Waals surface area contributed by atoms with Gasteiger partial charge in [-0.05, 0) is 20.0 Å². The highest BCUT2D eigenvalue weighted by Crippen LogP contribution is 2.30. The second-order valence-electron chi connectivity index (χ2n) is 4.23. The van der Waals surface area contributed by atoms with Crippen LogP contribution in [0, 0.1) is 10.1 Å². The molecule has 0 aliphatic rings. The Kier molecular flexibility index (Phi) is 5.29. The standard InChI is InChI=1S/C12H15ClN2O5/c1-12(14-2,11(16)19-3)7-20-10-6-8(13)4-5-9(10)15(17)18/h4-6,14H,7H2,1-3H3. The first-order valence-electron chi connectivity index (χ1n) is 5.68. The van der Waals surface area contributed by atoms with Gasteiger partial charge in [0.15, 0.2) is 5.75 Å². The van der Waals surface area contributed by atoms with E-state index >= 15 is 0 Å². The lowest BCUT2D eigenvalue weighted by molar-refractivity contribution is -0.385. The lowest BCUT2D eigenvalue weighted by Gasteiger charge is -2.25. The summed E-state index contributed by atoms with van der Waals surface area (Å²) in [4.78, 5) is 22.0. The molecule has 0 saturated carbocycles. The van der Waals surface area contributed by atoms with Gasteiger partial charge in [-0.2, -0.15) is 0 Å². The van der Waals surface area contributed by atoms with Crippen LogP contribution in [0.3, 0.4) is 0 Å². The van der Waals surface area contributed by atoms with Crippen LogP contribution in [0.5, 0.6) is 5.75 Å². The van der Waals surface area contributed by atoms with E-state index in [1.165, 1.54) is 25.3 Å². The van der Waals surface area contributed by atoms with Crippen LogP contribution in [0.15, 0.2) is 18.2 Å². The van der Waals surface area contributed by atoms with Crippen molar-refractivity contribution in [2.75, 3.05) is 20.8 Å². The van der Waals surface area contributed by atoms with Crippen LogP contribution in [-0.2, 0) is 9.53 Å². The third-order valence-electron chi connectivity index (χ3n) is 2.82. The fraction of sp³-hybridized carbons (Fsp3) is 0.417. The Bertz CT molecular complexity index is 523. The van der Waals surface area contributed by atoms with Gasteiger partial charge in [0, 0.05) is 17.2 Å². The quantitative estimate of drug-likeness (QED) is 0.489. The van der Waals surface area contributed by atoms with Crippen molar-refractivity contribution in [3.05, 3.63) is 33.3 Å². The topological polar surface area (TPSA) is 90.7 Å². The van der Waals surface area contributed by atoms with Crippen LogP contribution in [-0.4, -0.2) is 37.2 Å². The van der Waals surface area contributed by atoms with Gasteiger partial charge in [-0.25, -0.2) is 4.79 Å². The highest BCUT2D eigenvalue weighted by molar-refractivity contribution is 6.30. The lowest BCUT2D eigenvalue weighted by atomic mass is 10.1. The largest absolute Gasteiger partial charge is 0.484 e. The zero-order valence-corrected chi connectivity index (χ0v) is 12.1. The SMILES string of the molecule is CNC(C)(COc1cc(Cl)ccc1[N+](=O)[O-])C(=O)OC. The van der Waals surface area contributed by atoms with Crippen molar-refractivity contribution in [2.24, 2.45) is 0 Å². The van der Waals surface area contributed by atoms with Gasteiger partial charge in [0.25, 0.3) is 0 Å². The van der Waals surface area contributed by atoms with E-state index in [0.717, 1.165) is 0 Å². The average Bonchev–Trinajstić information content (AvgIpc) is 2.43. The number of nitrogens with one attached hydrogen (secondary N) is 1. The van der Waals surface area contributed by atoms with Crippen LogP contribution >= 0.6 is 11.6 Å². The monoisotopic (exact) mass is 302 g/mol. The van der Waals surface area contributed by atoms with Crippen molar-refractivity contribution in [2.45, 2.75) is 12.5 Å². The lowest BCUT2D eigenvalue weighted by Crippen LogP contribution is -2.52. The number of nitrogens with zero attached hydrogens (tertiary/aromatic N) is 1. The minimum atomic E-state index is -1.12. The normalized spacial score (nSPS) is 13.4. The van der Waals surface area contributed by atoms with Gasteiger partial charge in [0.1, 0.15) is 12.1 Å². The Morgan fingerprint density at radius 2 is 2.20 bits per heavy atom. The van der Waals surface area contributed by atoms with Crippen LogP contribution in [0.2, 0.25) is 5.02 Å². The Hall–Kier alpha value is -1.86. The molecule has 0 amide bonds. The molecular formula is C12H15ClN2O5. The fourth-order valence-electron chi connectivity index (χ4n) is 1.43. The number of halogens is 1. The number of hydrogen-bond acceptors (Lipinski definition) is 6. The summed E-state index contributed by atoms with van der Waals surface area (Å²) in [5.41, 5.74) is -1.34. The number of esters is 1. The molecule has 0 spiro atoms. The predicted molar refractivity (Wildman–Crippen MR) is 73.1 cm³/mol. The third kappa shape index (κ3) is 3.58. The van der Waals surface area contributed by atoms with E-state index in [2.05, 4.69) is 10.1 Å².